The van der Waals surface area contributed by atoms with Gasteiger partial charge in [-0.15, -0.1) is 0 Å². The van der Waals surface area contributed by atoms with Gasteiger partial charge in [0, 0.05) is 13.1 Å². The van der Waals surface area contributed by atoms with Crippen LogP contribution in [0.25, 0.3) is 11.0 Å². The van der Waals surface area contributed by atoms with Crippen molar-refractivity contribution in [1.82, 2.24) is 19.9 Å². The van der Waals surface area contributed by atoms with Crippen molar-refractivity contribution in [2.45, 2.75) is 43.0 Å². The summed E-state index contributed by atoms with van der Waals surface area (Å²) in [5.74, 6) is -0.463. The van der Waals surface area contributed by atoms with Crippen LogP contribution in [0.3, 0.4) is 0 Å². The molecule has 1 aromatic heterocycles. The summed E-state index contributed by atoms with van der Waals surface area (Å²) < 4.78 is 32.7. The first-order valence-electron chi connectivity index (χ1n) is 10.6. The summed E-state index contributed by atoms with van der Waals surface area (Å²) in [6.07, 6.45) is 4.26. The average Bonchev–Trinajstić information content (AvgIpc) is 3.28. The van der Waals surface area contributed by atoms with Crippen LogP contribution in [0.15, 0.2) is 52.0 Å². The van der Waals surface area contributed by atoms with Crippen LogP contribution in [0.5, 0.6) is 0 Å². The third-order valence-corrected chi connectivity index (χ3v) is 8.20. The number of nitrogens with zero attached hydrogens (tertiary/aromatic N) is 3. The van der Waals surface area contributed by atoms with E-state index in [9.17, 15) is 13.2 Å². The van der Waals surface area contributed by atoms with E-state index in [-0.39, 0.29) is 34.8 Å². The van der Waals surface area contributed by atoms with E-state index in [0.29, 0.717) is 24.9 Å². The Morgan fingerprint density at radius 1 is 1.06 bits per heavy atom. The zero-order chi connectivity index (χ0) is 21.4. The van der Waals surface area contributed by atoms with Gasteiger partial charge in [0.25, 0.3) is 0 Å². The van der Waals surface area contributed by atoms with Gasteiger partial charge in [-0.1, -0.05) is 30.3 Å². The van der Waals surface area contributed by atoms with Gasteiger partial charge in [-0.2, -0.15) is 4.31 Å². The number of piperidine rings is 1. The Morgan fingerprint density at radius 3 is 2.84 bits per heavy atom. The van der Waals surface area contributed by atoms with E-state index >= 15 is 0 Å². The summed E-state index contributed by atoms with van der Waals surface area (Å²) in [4.78, 5) is 13.1. The molecule has 0 spiro atoms. The van der Waals surface area contributed by atoms with Crippen molar-refractivity contribution in [1.29, 1.82) is 0 Å². The fourth-order valence-electron chi connectivity index (χ4n) is 4.70. The van der Waals surface area contributed by atoms with Gasteiger partial charge in [-0.05, 0) is 65.7 Å². The molecule has 2 atom stereocenters. The summed E-state index contributed by atoms with van der Waals surface area (Å²) in [7, 11) is -3.82. The molecule has 9 heteroatoms. The minimum Gasteiger partial charge on any atom is -0.349 e. The lowest BCUT2D eigenvalue weighted by Gasteiger charge is -2.33. The molecule has 162 valence electrons. The number of amides is 1. The molecule has 8 nitrogen and oxygen atoms in total. The zero-order valence-corrected chi connectivity index (χ0v) is 17.8. The zero-order valence-electron chi connectivity index (χ0n) is 17.0. The Balaban J connectivity index is 1.34. The van der Waals surface area contributed by atoms with Gasteiger partial charge >= 0.3 is 0 Å². The Kier molecular flexibility index (Phi) is 5.23. The van der Waals surface area contributed by atoms with Gasteiger partial charge < -0.3 is 5.32 Å². The number of aromatic nitrogens is 2. The van der Waals surface area contributed by atoms with Crippen molar-refractivity contribution in [3.05, 3.63) is 53.6 Å². The van der Waals surface area contributed by atoms with Gasteiger partial charge in [-0.25, -0.2) is 13.0 Å². The summed E-state index contributed by atoms with van der Waals surface area (Å²) >= 11 is 0. The average molecular weight is 441 g/mol. The maximum atomic E-state index is 13.3. The number of carbonyl (C=O) groups excluding carboxylic acids is 1. The molecule has 1 fully saturated rings. The van der Waals surface area contributed by atoms with Crippen LogP contribution in [-0.4, -0.2) is 42.0 Å². The van der Waals surface area contributed by atoms with Crippen molar-refractivity contribution in [3.8, 4) is 0 Å². The second-order valence-electron chi connectivity index (χ2n) is 8.24. The molecule has 2 aromatic carbocycles. The van der Waals surface area contributed by atoms with Gasteiger partial charge in [0.2, 0.25) is 15.9 Å². The van der Waals surface area contributed by atoms with Gasteiger partial charge in [0.15, 0.2) is 5.52 Å². The van der Waals surface area contributed by atoms with Gasteiger partial charge in [-0.3, -0.25) is 4.79 Å². The summed E-state index contributed by atoms with van der Waals surface area (Å²) in [6, 6.07) is 13.0. The molecular formula is C22H24N4O4S. The number of carbonyl (C=O) groups is 1. The van der Waals surface area contributed by atoms with Crippen LogP contribution in [0.2, 0.25) is 0 Å². The highest BCUT2D eigenvalue weighted by Crippen LogP contribution is 2.31. The molecule has 1 amide bonds. The standard InChI is InChI=1S/C22H24N4O4S/c27-22(23-18-10-3-7-15-6-1-2-9-17(15)18)16-8-5-13-26(14-16)31(28,29)20-12-4-11-19-21(20)25-30-24-19/h1-2,4,6,9,11-12,16,18H,3,5,7-8,10,13-14H2,(H,23,27)/t16-,18+/m0/s1. The van der Waals surface area contributed by atoms with Crippen molar-refractivity contribution < 1.29 is 17.8 Å². The second-order valence-corrected chi connectivity index (χ2v) is 10.1. The monoisotopic (exact) mass is 440 g/mol. The van der Waals surface area contributed by atoms with Crippen molar-refractivity contribution in [2.24, 2.45) is 5.92 Å². The van der Waals surface area contributed by atoms with Crippen LogP contribution >= 0.6 is 0 Å². The predicted molar refractivity (Wildman–Crippen MR) is 114 cm³/mol. The largest absolute Gasteiger partial charge is 0.349 e. The lowest BCUT2D eigenvalue weighted by molar-refractivity contribution is -0.127. The predicted octanol–water partition coefficient (Wildman–Crippen LogP) is 2.82. The molecule has 1 N–H and O–H groups in total. The van der Waals surface area contributed by atoms with Crippen molar-refractivity contribution in [2.75, 3.05) is 13.1 Å². The van der Waals surface area contributed by atoms with E-state index in [1.54, 1.807) is 12.1 Å². The Morgan fingerprint density at radius 2 is 1.94 bits per heavy atom. The molecule has 1 aliphatic carbocycles. The molecule has 1 aliphatic heterocycles. The molecule has 2 heterocycles. The van der Waals surface area contributed by atoms with Gasteiger partial charge in [0.1, 0.15) is 10.4 Å². The minimum atomic E-state index is -3.82. The third-order valence-electron chi connectivity index (χ3n) is 6.31. The Labute approximate surface area is 180 Å². The van der Waals surface area contributed by atoms with Crippen LogP contribution in [0.4, 0.5) is 0 Å². The fraction of sp³-hybridized carbons (Fsp3) is 0.409. The first-order valence-corrected chi connectivity index (χ1v) is 12.1. The van der Waals surface area contributed by atoms with Crippen LogP contribution < -0.4 is 5.32 Å². The van der Waals surface area contributed by atoms with Crippen molar-refractivity contribution in [3.63, 3.8) is 0 Å². The number of aryl methyl sites for hydroxylation is 1. The lowest BCUT2D eigenvalue weighted by Crippen LogP contribution is -2.46. The van der Waals surface area contributed by atoms with E-state index in [2.05, 4.69) is 27.8 Å². The van der Waals surface area contributed by atoms with Crippen LogP contribution in [-0.2, 0) is 21.2 Å². The number of nitrogens with one attached hydrogen (secondary N) is 1. The number of fused-ring (bicyclic) bond motifs is 2. The molecule has 0 saturated carbocycles. The number of hydrogen-bond donors (Lipinski definition) is 1. The Bertz CT molecular complexity index is 1220. The molecule has 0 unspecified atom stereocenters. The molecule has 5 rings (SSSR count). The third kappa shape index (κ3) is 3.72. The number of rotatable bonds is 4. The molecular weight excluding hydrogens is 416 g/mol. The molecule has 31 heavy (non-hydrogen) atoms. The molecule has 3 aromatic rings. The van der Waals surface area contributed by atoms with Crippen molar-refractivity contribution >= 4 is 27.0 Å². The summed E-state index contributed by atoms with van der Waals surface area (Å²) in [6.45, 7) is 0.532. The quantitative estimate of drug-likeness (QED) is 0.669. The maximum Gasteiger partial charge on any atom is 0.245 e. The minimum absolute atomic E-state index is 0.0145. The lowest BCUT2D eigenvalue weighted by atomic mass is 9.87. The fourth-order valence-corrected chi connectivity index (χ4v) is 6.36. The SMILES string of the molecule is O=C(N[C@@H]1CCCc2ccccc21)[C@H]1CCCN(S(=O)(=O)c2cccc3nonc23)C1. The van der Waals surface area contributed by atoms with Crippen LogP contribution in [0.1, 0.15) is 42.9 Å². The van der Waals surface area contributed by atoms with Crippen LogP contribution in [0, 0.1) is 5.92 Å². The normalized spacial score (nSPS) is 22.2. The highest BCUT2D eigenvalue weighted by Gasteiger charge is 2.35. The first kappa shape index (κ1) is 20.1. The smallest absolute Gasteiger partial charge is 0.245 e. The molecule has 0 radical (unpaired) electrons. The summed E-state index contributed by atoms with van der Waals surface area (Å²) in [5, 5.41) is 10.7. The molecule has 0 bridgehead atoms. The van der Waals surface area contributed by atoms with E-state index in [1.165, 1.54) is 21.5 Å². The van der Waals surface area contributed by atoms with E-state index < -0.39 is 10.0 Å². The number of hydrogen-bond acceptors (Lipinski definition) is 6. The number of benzene rings is 2. The number of sulfonamides is 1. The van der Waals surface area contributed by atoms with E-state index in [1.807, 2.05) is 12.1 Å². The van der Waals surface area contributed by atoms with E-state index in [0.717, 1.165) is 19.3 Å². The first-order chi connectivity index (χ1) is 15.0. The molecule has 2 aliphatic rings. The van der Waals surface area contributed by atoms with Gasteiger partial charge in [0.05, 0.1) is 12.0 Å². The summed E-state index contributed by atoms with van der Waals surface area (Å²) in [5.41, 5.74) is 3.06. The maximum absolute atomic E-state index is 13.3. The topological polar surface area (TPSA) is 105 Å². The Hall–Kier alpha value is -2.78. The highest BCUT2D eigenvalue weighted by atomic mass is 32.2. The van der Waals surface area contributed by atoms with E-state index in [4.69, 9.17) is 4.63 Å². The second kappa shape index (κ2) is 8.05. The highest BCUT2D eigenvalue weighted by molar-refractivity contribution is 7.89. The molecule has 1 saturated heterocycles.